The van der Waals surface area contributed by atoms with E-state index in [1.807, 2.05) is 0 Å². The van der Waals surface area contributed by atoms with E-state index in [1.54, 1.807) is 0 Å². The van der Waals surface area contributed by atoms with Crippen LogP contribution in [0.1, 0.15) is 38.7 Å². The van der Waals surface area contributed by atoms with Crippen LogP contribution in [-0.4, -0.2) is 38.3 Å². The highest BCUT2D eigenvalue weighted by Crippen LogP contribution is 2.35. The average molecular weight is 443 g/mol. The first-order valence-electron chi connectivity index (χ1n) is 8.92. The molecule has 2 fully saturated rings. The zero-order chi connectivity index (χ0) is 16.1. The van der Waals surface area contributed by atoms with Gasteiger partial charge in [-0.15, -0.1) is 24.0 Å². The third-order valence-electron chi connectivity index (χ3n) is 5.15. The summed E-state index contributed by atoms with van der Waals surface area (Å²) in [7, 11) is 0. The third kappa shape index (κ3) is 4.85. The van der Waals surface area contributed by atoms with Crippen LogP contribution >= 0.6 is 24.0 Å². The molecule has 0 radical (unpaired) electrons. The second-order valence-electron chi connectivity index (χ2n) is 6.92. The molecule has 2 unspecified atom stereocenters. The Hall–Kier alpha value is -0.820. The molecule has 2 aliphatic rings. The third-order valence-corrected chi connectivity index (χ3v) is 5.15. The fourth-order valence-electron chi connectivity index (χ4n) is 3.34. The van der Waals surface area contributed by atoms with Crippen molar-refractivity contribution in [1.29, 1.82) is 0 Å². The van der Waals surface area contributed by atoms with E-state index in [2.05, 4.69) is 54.8 Å². The van der Waals surface area contributed by atoms with Gasteiger partial charge in [0.1, 0.15) is 0 Å². The van der Waals surface area contributed by atoms with Crippen molar-refractivity contribution in [3.8, 4) is 0 Å². The molecular formula is C19H30IN3O. The zero-order valence-corrected chi connectivity index (χ0v) is 17.1. The van der Waals surface area contributed by atoms with E-state index in [1.165, 1.54) is 12.0 Å². The summed E-state index contributed by atoms with van der Waals surface area (Å²) in [4.78, 5) is 4.94. The number of hydrogen-bond acceptors (Lipinski definition) is 2. The van der Waals surface area contributed by atoms with E-state index in [-0.39, 0.29) is 29.4 Å². The molecule has 1 saturated carbocycles. The Kier molecular flexibility index (Phi) is 7.34. The van der Waals surface area contributed by atoms with Crippen LogP contribution < -0.4 is 10.6 Å². The summed E-state index contributed by atoms with van der Waals surface area (Å²) in [5.74, 6) is 1.73. The van der Waals surface area contributed by atoms with Crippen molar-refractivity contribution >= 4 is 29.9 Å². The minimum atomic E-state index is 0. The van der Waals surface area contributed by atoms with E-state index in [9.17, 15) is 0 Å². The summed E-state index contributed by atoms with van der Waals surface area (Å²) in [5, 5.41) is 6.95. The Morgan fingerprint density at radius 3 is 2.50 bits per heavy atom. The van der Waals surface area contributed by atoms with Crippen molar-refractivity contribution in [2.45, 2.75) is 44.6 Å². The number of nitrogens with zero attached hydrogens (tertiary/aromatic N) is 1. The highest BCUT2D eigenvalue weighted by atomic mass is 127. The maximum atomic E-state index is 5.61. The lowest BCUT2D eigenvalue weighted by molar-refractivity contribution is 0.0531. The molecule has 0 bridgehead atoms. The van der Waals surface area contributed by atoms with Crippen LogP contribution in [0.4, 0.5) is 0 Å². The van der Waals surface area contributed by atoms with Gasteiger partial charge in [0.15, 0.2) is 5.96 Å². The van der Waals surface area contributed by atoms with Gasteiger partial charge in [0.2, 0.25) is 0 Å². The molecule has 3 rings (SSSR count). The Balaban J connectivity index is 0.00000208. The van der Waals surface area contributed by atoms with E-state index in [4.69, 9.17) is 9.73 Å². The van der Waals surface area contributed by atoms with Gasteiger partial charge in [-0.3, -0.25) is 4.99 Å². The Morgan fingerprint density at radius 1 is 1.25 bits per heavy atom. The normalized spacial score (nSPS) is 25.5. The molecule has 1 aliphatic heterocycles. The van der Waals surface area contributed by atoms with Gasteiger partial charge in [0, 0.05) is 31.2 Å². The summed E-state index contributed by atoms with van der Waals surface area (Å²) in [5.41, 5.74) is 1.50. The second kappa shape index (κ2) is 9.04. The molecular weight excluding hydrogens is 413 g/mol. The Morgan fingerprint density at radius 2 is 1.92 bits per heavy atom. The largest absolute Gasteiger partial charge is 0.381 e. The maximum Gasteiger partial charge on any atom is 0.191 e. The average Bonchev–Trinajstić information content (AvgIpc) is 3.29. The topological polar surface area (TPSA) is 45.7 Å². The number of benzene rings is 1. The fourth-order valence-corrected chi connectivity index (χ4v) is 3.34. The molecule has 2 atom stereocenters. The van der Waals surface area contributed by atoms with Gasteiger partial charge in [0.25, 0.3) is 0 Å². The minimum absolute atomic E-state index is 0. The highest BCUT2D eigenvalue weighted by molar-refractivity contribution is 14.0. The van der Waals surface area contributed by atoms with E-state index in [0.29, 0.717) is 6.04 Å². The van der Waals surface area contributed by atoms with Crippen molar-refractivity contribution in [1.82, 2.24) is 10.6 Å². The van der Waals surface area contributed by atoms with Gasteiger partial charge in [-0.1, -0.05) is 37.3 Å². The summed E-state index contributed by atoms with van der Waals surface area (Å²) in [6, 6.07) is 11.4. The molecule has 0 spiro atoms. The molecule has 0 aromatic heterocycles. The van der Waals surface area contributed by atoms with Gasteiger partial charge < -0.3 is 15.4 Å². The maximum absolute atomic E-state index is 5.61. The predicted octanol–water partition coefficient (Wildman–Crippen LogP) is 3.32. The molecule has 1 saturated heterocycles. The van der Waals surface area contributed by atoms with Gasteiger partial charge in [0.05, 0.1) is 6.54 Å². The van der Waals surface area contributed by atoms with Gasteiger partial charge in [-0.2, -0.15) is 0 Å². The van der Waals surface area contributed by atoms with Crippen LogP contribution in [0, 0.1) is 5.92 Å². The summed E-state index contributed by atoms with van der Waals surface area (Å²) in [6.45, 7) is 7.77. The molecule has 1 heterocycles. The van der Waals surface area contributed by atoms with Crippen molar-refractivity contribution in [3.63, 3.8) is 0 Å². The summed E-state index contributed by atoms with van der Waals surface area (Å²) >= 11 is 0. The van der Waals surface area contributed by atoms with Crippen LogP contribution in [0.25, 0.3) is 0 Å². The van der Waals surface area contributed by atoms with Crippen LogP contribution in [0.3, 0.4) is 0 Å². The second-order valence-corrected chi connectivity index (χ2v) is 6.92. The minimum Gasteiger partial charge on any atom is -0.381 e. The number of hydrogen-bond donors (Lipinski definition) is 2. The lowest BCUT2D eigenvalue weighted by Gasteiger charge is -2.36. The van der Waals surface area contributed by atoms with E-state index >= 15 is 0 Å². The molecule has 1 aliphatic carbocycles. The number of guanidine groups is 1. The van der Waals surface area contributed by atoms with Crippen molar-refractivity contribution in [2.24, 2.45) is 10.9 Å². The lowest BCUT2D eigenvalue weighted by atomic mass is 9.74. The van der Waals surface area contributed by atoms with Gasteiger partial charge >= 0.3 is 0 Å². The van der Waals surface area contributed by atoms with Crippen LogP contribution in [-0.2, 0) is 10.2 Å². The molecule has 1 aromatic rings. The standard InChI is InChI=1S/C19H29N3O.HI/c1-3-20-18(22-17-13-15(17)2)21-14-19(9-11-23-12-10-19)16-7-5-4-6-8-16;/h4-8,15,17H,3,9-14H2,1-2H3,(H2,20,21,22);1H. The van der Waals surface area contributed by atoms with Crippen LogP contribution in [0.15, 0.2) is 35.3 Å². The molecule has 0 amide bonds. The van der Waals surface area contributed by atoms with Crippen LogP contribution in [0.5, 0.6) is 0 Å². The van der Waals surface area contributed by atoms with Crippen molar-refractivity contribution < 1.29 is 4.74 Å². The monoisotopic (exact) mass is 443 g/mol. The predicted molar refractivity (Wildman–Crippen MR) is 110 cm³/mol. The number of ether oxygens (including phenoxy) is 1. The number of nitrogens with one attached hydrogen (secondary N) is 2. The first kappa shape index (κ1) is 19.5. The smallest absolute Gasteiger partial charge is 0.191 e. The Bertz CT molecular complexity index is 529. The molecule has 24 heavy (non-hydrogen) atoms. The number of rotatable bonds is 5. The van der Waals surface area contributed by atoms with Gasteiger partial charge in [-0.05, 0) is 37.7 Å². The van der Waals surface area contributed by atoms with E-state index in [0.717, 1.165) is 51.0 Å². The first-order chi connectivity index (χ1) is 11.2. The molecule has 1 aromatic carbocycles. The van der Waals surface area contributed by atoms with Crippen molar-refractivity contribution in [2.75, 3.05) is 26.3 Å². The first-order valence-corrected chi connectivity index (χ1v) is 8.92. The lowest BCUT2D eigenvalue weighted by Crippen LogP contribution is -2.42. The zero-order valence-electron chi connectivity index (χ0n) is 14.8. The van der Waals surface area contributed by atoms with Gasteiger partial charge in [-0.25, -0.2) is 0 Å². The quantitative estimate of drug-likeness (QED) is 0.417. The molecule has 134 valence electrons. The summed E-state index contributed by atoms with van der Waals surface area (Å²) < 4.78 is 5.61. The molecule has 5 heteroatoms. The fraction of sp³-hybridized carbons (Fsp3) is 0.632. The molecule has 2 N–H and O–H groups in total. The van der Waals surface area contributed by atoms with E-state index < -0.39 is 0 Å². The van der Waals surface area contributed by atoms with Crippen LogP contribution in [0.2, 0.25) is 0 Å². The molecule has 4 nitrogen and oxygen atoms in total. The summed E-state index contributed by atoms with van der Waals surface area (Å²) in [6.07, 6.45) is 3.33. The highest BCUT2D eigenvalue weighted by Gasteiger charge is 2.36. The SMILES string of the molecule is CCNC(=NCC1(c2ccccc2)CCOCC1)NC1CC1C.I. The van der Waals surface area contributed by atoms with Crippen molar-refractivity contribution in [3.05, 3.63) is 35.9 Å². The number of halogens is 1. The Labute approximate surface area is 162 Å². The number of aliphatic imine (C=N–C) groups is 1.